The van der Waals surface area contributed by atoms with Crippen molar-refractivity contribution in [2.45, 2.75) is 0 Å². The SMILES string of the molecule is c1ccc(-c2cc(-c3ccc(-n4c5ccccc5c5cnccc54)cc3)cc(-c3cccc(-n4c5ccccc5c5cnccc54)c3)n2)nc1. The number of rotatable bonds is 5. The Balaban J connectivity index is 1.11. The van der Waals surface area contributed by atoms with Gasteiger partial charge < -0.3 is 9.13 Å². The van der Waals surface area contributed by atoms with Gasteiger partial charge in [0.15, 0.2) is 0 Å². The minimum atomic E-state index is 0.824. The lowest BCUT2D eigenvalue weighted by atomic mass is 10.0. The number of benzene rings is 4. The maximum Gasteiger partial charge on any atom is 0.0899 e. The van der Waals surface area contributed by atoms with Gasteiger partial charge in [0.25, 0.3) is 0 Å². The van der Waals surface area contributed by atoms with Crippen molar-refractivity contribution in [3.05, 3.63) is 171 Å². The molecule has 0 atom stereocenters. The number of aromatic nitrogens is 6. The summed E-state index contributed by atoms with van der Waals surface area (Å²) in [7, 11) is 0. The zero-order valence-corrected chi connectivity index (χ0v) is 26.8. The average Bonchev–Trinajstić information content (AvgIpc) is 3.71. The van der Waals surface area contributed by atoms with Crippen LogP contribution in [-0.4, -0.2) is 29.1 Å². The van der Waals surface area contributed by atoms with Crippen LogP contribution in [0.2, 0.25) is 0 Å². The van der Waals surface area contributed by atoms with E-state index >= 15 is 0 Å². The van der Waals surface area contributed by atoms with Crippen LogP contribution in [0.5, 0.6) is 0 Å². The molecule has 0 aliphatic rings. The van der Waals surface area contributed by atoms with Crippen LogP contribution in [0, 0.1) is 0 Å². The van der Waals surface area contributed by atoms with Gasteiger partial charge in [-0.25, -0.2) is 4.98 Å². The molecule has 4 aromatic carbocycles. The highest BCUT2D eigenvalue weighted by molar-refractivity contribution is 6.09. The molecule has 0 radical (unpaired) electrons. The van der Waals surface area contributed by atoms with E-state index in [-0.39, 0.29) is 0 Å². The van der Waals surface area contributed by atoms with Crippen LogP contribution < -0.4 is 0 Å². The highest BCUT2D eigenvalue weighted by atomic mass is 15.0. The van der Waals surface area contributed by atoms with Crippen molar-refractivity contribution >= 4 is 43.6 Å². The van der Waals surface area contributed by atoms with Crippen LogP contribution in [0.3, 0.4) is 0 Å². The monoisotopic (exact) mass is 640 g/mol. The Hall–Kier alpha value is -6.92. The van der Waals surface area contributed by atoms with Gasteiger partial charge in [0.2, 0.25) is 0 Å². The molecule has 0 aliphatic carbocycles. The van der Waals surface area contributed by atoms with E-state index in [0.717, 1.165) is 78.0 Å². The first-order valence-electron chi connectivity index (χ1n) is 16.6. The largest absolute Gasteiger partial charge is 0.309 e. The van der Waals surface area contributed by atoms with Crippen LogP contribution >= 0.6 is 0 Å². The zero-order chi connectivity index (χ0) is 33.0. The lowest BCUT2D eigenvalue weighted by Gasteiger charge is -2.13. The predicted octanol–water partition coefficient (Wildman–Crippen LogP) is 10.5. The molecule has 0 bridgehead atoms. The summed E-state index contributed by atoms with van der Waals surface area (Å²) in [6.45, 7) is 0. The number of hydrogen-bond donors (Lipinski definition) is 0. The molecule has 10 rings (SSSR count). The molecule has 0 saturated carbocycles. The second-order valence-corrected chi connectivity index (χ2v) is 12.4. The molecule has 0 N–H and O–H groups in total. The fourth-order valence-electron chi connectivity index (χ4n) is 7.29. The molecule has 6 heteroatoms. The molecule has 234 valence electrons. The Morgan fingerprint density at radius 3 is 1.66 bits per heavy atom. The summed E-state index contributed by atoms with van der Waals surface area (Å²) in [6, 6.07) is 48.8. The van der Waals surface area contributed by atoms with Crippen molar-refractivity contribution in [3.8, 4) is 45.1 Å². The van der Waals surface area contributed by atoms with Crippen LogP contribution in [0.25, 0.3) is 88.8 Å². The van der Waals surface area contributed by atoms with E-state index < -0.39 is 0 Å². The summed E-state index contributed by atoms with van der Waals surface area (Å²) in [6.07, 6.45) is 9.43. The Bertz CT molecular complexity index is 2760. The molecule has 6 aromatic heterocycles. The fourth-order valence-corrected chi connectivity index (χ4v) is 7.29. The Morgan fingerprint density at radius 1 is 0.360 bits per heavy atom. The van der Waals surface area contributed by atoms with E-state index in [0.29, 0.717) is 0 Å². The summed E-state index contributed by atoms with van der Waals surface area (Å²) in [5.74, 6) is 0. The first-order chi connectivity index (χ1) is 24.8. The minimum absolute atomic E-state index is 0.824. The van der Waals surface area contributed by atoms with Gasteiger partial charge in [0, 0.05) is 69.5 Å². The van der Waals surface area contributed by atoms with E-state index in [9.17, 15) is 0 Å². The number of nitrogens with zero attached hydrogens (tertiary/aromatic N) is 6. The summed E-state index contributed by atoms with van der Waals surface area (Å²) < 4.78 is 4.62. The van der Waals surface area contributed by atoms with Crippen molar-refractivity contribution < 1.29 is 0 Å². The van der Waals surface area contributed by atoms with Gasteiger partial charge in [-0.15, -0.1) is 0 Å². The first-order valence-corrected chi connectivity index (χ1v) is 16.6. The van der Waals surface area contributed by atoms with Crippen LogP contribution in [0.15, 0.2) is 171 Å². The standard InChI is InChI=1S/C44H28N6/c1-3-13-41-34(10-1)36-27-45-22-19-43(36)49(41)32-17-15-29(16-18-32)31-25-39(48-40(26-31)38-12-5-6-21-47-38)30-8-7-9-33(24-30)50-42-14-4-2-11-35(42)37-28-46-23-20-44(37)50/h1-28H. The molecule has 50 heavy (non-hydrogen) atoms. The lowest BCUT2D eigenvalue weighted by molar-refractivity contribution is 1.17. The lowest BCUT2D eigenvalue weighted by Crippen LogP contribution is -1.96. The third-order valence-corrected chi connectivity index (χ3v) is 9.56. The molecule has 0 aliphatic heterocycles. The van der Waals surface area contributed by atoms with Crippen LogP contribution in [0.4, 0.5) is 0 Å². The molecular weight excluding hydrogens is 613 g/mol. The summed E-state index contributed by atoms with van der Waals surface area (Å²) in [4.78, 5) is 18.7. The number of para-hydroxylation sites is 2. The van der Waals surface area contributed by atoms with Crippen molar-refractivity contribution in [2.24, 2.45) is 0 Å². The highest BCUT2D eigenvalue weighted by Gasteiger charge is 2.16. The average molecular weight is 641 g/mol. The molecular formula is C44H28N6. The molecule has 0 saturated heterocycles. The van der Waals surface area contributed by atoms with Crippen molar-refractivity contribution in [1.82, 2.24) is 29.1 Å². The predicted molar refractivity (Wildman–Crippen MR) is 203 cm³/mol. The van der Waals surface area contributed by atoms with E-state index in [4.69, 9.17) is 4.98 Å². The zero-order valence-electron chi connectivity index (χ0n) is 26.8. The highest BCUT2D eigenvalue weighted by Crippen LogP contribution is 2.36. The van der Waals surface area contributed by atoms with Crippen LogP contribution in [0.1, 0.15) is 0 Å². The minimum Gasteiger partial charge on any atom is -0.309 e. The molecule has 0 spiro atoms. The van der Waals surface area contributed by atoms with Crippen LogP contribution in [-0.2, 0) is 0 Å². The van der Waals surface area contributed by atoms with Crippen molar-refractivity contribution in [1.29, 1.82) is 0 Å². The maximum absolute atomic E-state index is 5.18. The molecule has 10 aromatic rings. The van der Waals surface area contributed by atoms with Gasteiger partial charge in [-0.05, 0) is 83.9 Å². The van der Waals surface area contributed by atoms with Gasteiger partial charge in [0.05, 0.1) is 39.1 Å². The Labute approximate surface area is 287 Å². The summed E-state index contributed by atoms with van der Waals surface area (Å²) >= 11 is 0. The van der Waals surface area contributed by atoms with Crippen molar-refractivity contribution in [2.75, 3.05) is 0 Å². The van der Waals surface area contributed by atoms with E-state index in [1.54, 1.807) is 0 Å². The quantitative estimate of drug-likeness (QED) is 0.188. The van der Waals surface area contributed by atoms with E-state index in [1.165, 1.54) is 10.8 Å². The van der Waals surface area contributed by atoms with Gasteiger partial charge in [-0.2, -0.15) is 0 Å². The normalized spacial score (nSPS) is 11.6. The smallest absolute Gasteiger partial charge is 0.0899 e. The van der Waals surface area contributed by atoms with E-state index in [2.05, 4.69) is 145 Å². The Kier molecular flexibility index (Phi) is 6.39. The molecule has 6 heterocycles. The van der Waals surface area contributed by atoms with E-state index in [1.807, 2.05) is 49.2 Å². The number of fused-ring (bicyclic) bond motifs is 6. The summed E-state index contributed by atoms with van der Waals surface area (Å²) in [5.41, 5.74) is 12.5. The first kappa shape index (κ1) is 28.1. The van der Waals surface area contributed by atoms with Gasteiger partial charge in [-0.1, -0.05) is 66.7 Å². The topological polar surface area (TPSA) is 61.4 Å². The second-order valence-electron chi connectivity index (χ2n) is 12.4. The third-order valence-electron chi connectivity index (χ3n) is 9.56. The molecule has 0 fully saturated rings. The summed E-state index contributed by atoms with van der Waals surface area (Å²) in [5, 5.41) is 4.65. The third kappa shape index (κ3) is 4.50. The number of hydrogen-bond acceptors (Lipinski definition) is 4. The fraction of sp³-hybridized carbons (Fsp3) is 0. The molecule has 0 unspecified atom stereocenters. The number of pyridine rings is 4. The van der Waals surface area contributed by atoms with Gasteiger partial charge in [0.1, 0.15) is 0 Å². The second kappa shape index (κ2) is 11.4. The van der Waals surface area contributed by atoms with Gasteiger partial charge in [-0.3, -0.25) is 15.0 Å². The molecule has 0 amide bonds. The van der Waals surface area contributed by atoms with Crippen molar-refractivity contribution in [3.63, 3.8) is 0 Å². The molecule has 6 nitrogen and oxygen atoms in total. The maximum atomic E-state index is 5.18. The van der Waals surface area contributed by atoms with Gasteiger partial charge >= 0.3 is 0 Å². The Morgan fingerprint density at radius 2 is 0.980 bits per heavy atom.